The summed E-state index contributed by atoms with van der Waals surface area (Å²) in [6, 6.07) is 15.0. The number of amides is 1. The number of likely N-dealkylation sites (N-methyl/N-ethyl adjacent to an activating group) is 1. The van der Waals surface area contributed by atoms with Crippen LogP contribution >= 0.6 is 0 Å². The van der Waals surface area contributed by atoms with Crippen LogP contribution in [0.1, 0.15) is 17.3 Å². The zero-order valence-electron chi connectivity index (χ0n) is 14.4. The van der Waals surface area contributed by atoms with Gasteiger partial charge in [-0.25, -0.2) is 8.42 Å². The number of anilines is 1. The Morgan fingerprint density at radius 2 is 1.64 bits per heavy atom. The number of para-hydroxylation sites is 1. The van der Waals surface area contributed by atoms with Crippen molar-refractivity contribution in [3.8, 4) is 0 Å². The SMILES string of the molecule is CCNCCNC(=O)c1ccccc1S(=O)(=O)N(C)c1ccccc1. The first-order valence-electron chi connectivity index (χ1n) is 8.10. The molecule has 0 aromatic heterocycles. The highest BCUT2D eigenvalue weighted by Crippen LogP contribution is 2.24. The maximum atomic E-state index is 13.0. The van der Waals surface area contributed by atoms with Crippen molar-refractivity contribution in [1.29, 1.82) is 0 Å². The average Bonchev–Trinajstić information content (AvgIpc) is 2.65. The predicted octanol–water partition coefficient (Wildman–Crippen LogP) is 1.85. The average molecular weight is 361 g/mol. The van der Waals surface area contributed by atoms with Crippen molar-refractivity contribution < 1.29 is 13.2 Å². The van der Waals surface area contributed by atoms with Crippen LogP contribution in [0.5, 0.6) is 0 Å². The number of carbonyl (C=O) groups is 1. The van der Waals surface area contributed by atoms with Crippen molar-refractivity contribution in [2.24, 2.45) is 0 Å². The fraction of sp³-hybridized carbons (Fsp3) is 0.278. The molecule has 134 valence electrons. The summed E-state index contributed by atoms with van der Waals surface area (Å²) in [7, 11) is -2.37. The van der Waals surface area contributed by atoms with E-state index in [-0.39, 0.29) is 10.5 Å². The molecular formula is C18H23N3O3S. The lowest BCUT2D eigenvalue weighted by atomic mass is 10.2. The zero-order valence-corrected chi connectivity index (χ0v) is 15.2. The minimum Gasteiger partial charge on any atom is -0.351 e. The molecule has 2 N–H and O–H groups in total. The number of sulfonamides is 1. The molecule has 0 fully saturated rings. The molecule has 0 spiro atoms. The van der Waals surface area contributed by atoms with Crippen molar-refractivity contribution in [2.75, 3.05) is 31.0 Å². The van der Waals surface area contributed by atoms with E-state index in [1.807, 2.05) is 13.0 Å². The second-order valence-electron chi connectivity index (χ2n) is 5.41. The van der Waals surface area contributed by atoms with E-state index < -0.39 is 15.9 Å². The first-order chi connectivity index (χ1) is 12.0. The number of hydrogen-bond acceptors (Lipinski definition) is 4. The van der Waals surface area contributed by atoms with Crippen molar-refractivity contribution in [3.05, 3.63) is 60.2 Å². The second kappa shape index (κ2) is 8.64. The molecule has 0 saturated carbocycles. The van der Waals surface area contributed by atoms with Gasteiger partial charge in [-0.1, -0.05) is 37.3 Å². The van der Waals surface area contributed by atoms with E-state index in [1.165, 1.54) is 23.5 Å². The molecule has 0 aliphatic heterocycles. The van der Waals surface area contributed by atoms with Crippen LogP contribution in [0, 0.1) is 0 Å². The Labute approximate surface area is 148 Å². The molecule has 0 unspecified atom stereocenters. The number of rotatable bonds is 8. The van der Waals surface area contributed by atoms with Gasteiger partial charge in [-0.05, 0) is 30.8 Å². The lowest BCUT2D eigenvalue weighted by Gasteiger charge is -2.21. The third-order valence-corrected chi connectivity index (χ3v) is 5.57. The van der Waals surface area contributed by atoms with Gasteiger partial charge >= 0.3 is 0 Å². The van der Waals surface area contributed by atoms with Crippen LogP contribution < -0.4 is 14.9 Å². The number of nitrogens with zero attached hydrogens (tertiary/aromatic N) is 1. The summed E-state index contributed by atoms with van der Waals surface area (Å²) in [5.41, 5.74) is 0.673. The van der Waals surface area contributed by atoms with Crippen LogP contribution in [0.2, 0.25) is 0 Å². The van der Waals surface area contributed by atoms with E-state index in [1.54, 1.807) is 36.4 Å². The topological polar surface area (TPSA) is 78.5 Å². The van der Waals surface area contributed by atoms with E-state index in [9.17, 15) is 13.2 Å². The summed E-state index contributed by atoms with van der Waals surface area (Å²) in [5.74, 6) is -0.404. The van der Waals surface area contributed by atoms with Gasteiger partial charge < -0.3 is 10.6 Å². The minimum atomic E-state index is -3.85. The molecule has 25 heavy (non-hydrogen) atoms. The van der Waals surface area contributed by atoms with Crippen molar-refractivity contribution in [2.45, 2.75) is 11.8 Å². The summed E-state index contributed by atoms with van der Waals surface area (Å²) in [6.45, 7) is 3.84. The van der Waals surface area contributed by atoms with Gasteiger partial charge in [-0.3, -0.25) is 9.10 Å². The predicted molar refractivity (Wildman–Crippen MR) is 99.3 cm³/mol. The van der Waals surface area contributed by atoms with Gasteiger partial charge in [0.1, 0.15) is 4.90 Å². The first-order valence-corrected chi connectivity index (χ1v) is 9.54. The smallest absolute Gasteiger partial charge is 0.264 e. The largest absolute Gasteiger partial charge is 0.351 e. The van der Waals surface area contributed by atoms with Gasteiger partial charge in [0.15, 0.2) is 0 Å². The molecule has 0 atom stereocenters. The molecule has 6 nitrogen and oxygen atoms in total. The maximum absolute atomic E-state index is 13.0. The summed E-state index contributed by atoms with van der Waals surface area (Å²) < 4.78 is 27.1. The molecule has 0 aliphatic rings. The Balaban J connectivity index is 2.28. The van der Waals surface area contributed by atoms with Gasteiger partial charge in [0.2, 0.25) is 0 Å². The van der Waals surface area contributed by atoms with Gasteiger partial charge in [-0.15, -0.1) is 0 Å². The Hall–Kier alpha value is -2.38. The molecule has 0 aliphatic carbocycles. The van der Waals surface area contributed by atoms with E-state index >= 15 is 0 Å². The van der Waals surface area contributed by atoms with Crippen molar-refractivity contribution >= 4 is 21.6 Å². The Morgan fingerprint density at radius 3 is 2.32 bits per heavy atom. The standard InChI is InChI=1S/C18H23N3O3S/c1-3-19-13-14-20-18(22)16-11-7-8-12-17(16)25(23,24)21(2)15-9-5-4-6-10-15/h4-12,19H,3,13-14H2,1-2H3,(H,20,22). The highest BCUT2D eigenvalue weighted by atomic mass is 32.2. The molecule has 0 bridgehead atoms. The lowest BCUT2D eigenvalue weighted by Crippen LogP contribution is -2.34. The van der Waals surface area contributed by atoms with Crippen LogP contribution in [0.3, 0.4) is 0 Å². The summed E-state index contributed by atoms with van der Waals surface area (Å²) in [5, 5.41) is 5.84. The first kappa shape index (κ1) is 19.0. The summed E-state index contributed by atoms with van der Waals surface area (Å²) in [4.78, 5) is 12.4. The molecule has 0 radical (unpaired) electrons. The third kappa shape index (κ3) is 4.58. The zero-order chi connectivity index (χ0) is 18.3. The normalized spacial score (nSPS) is 11.1. The van der Waals surface area contributed by atoms with E-state index in [2.05, 4.69) is 10.6 Å². The van der Waals surface area contributed by atoms with Gasteiger partial charge in [0.25, 0.3) is 15.9 Å². The van der Waals surface area contributed by atoms with Crippen LogP contribution in [-0.4, -0.2) is 41.0 Å². The second-order valence-corrected chi connectivity index (χ2v) is 7.35. The molecule has 0 heterocycles. The number of carbonyl (C=O) groups excluding carboxylic acids is 1. The fourth-order valence-corrected chi connectivity index (χ4v) is 3.72. The Morgan fingerprint density at radius 1 is 1.00 bits per heavy atom. The maximum Gasteiger partial charge on any atom is 0.264 e. The van der Waals surface area contributed by atoms with Crippen LogP contribution in [0.4, 0.5) is 5.69 Å². The monoisotopic (exact) mass is 361 g/mol. The molecule has 7 heteroatoms. The molecule has 1 amide bonds. The van der Waals surface area contributed by atoms with E-state index in [0.29, 0.717) is 18.8 Å². The molecule has 2 aromatic rings. The number of hydrogen-bond donors (Lipinski definition) is 2. The Kier molecular flexibility index (Phi) is 6.55. The van der Waals surface area contributed by atoms with Crippen molar-refractivity contribution in [3.63, 3.8) is 0 Å². The molecule has 0 saturated heterocycles. The summed E-state index contributed by atoms with van der Waals surface area (Å²) >= 11 is 0. The molecule has 2 rings (SSSR count). The van der Waals surface area contributed by atoms with E-state index in [0.717, 1.165) is 6.54 Å². The lowest BCUT2D eigenvalue weighted by molar-refractivity contribution is 0.0950. The van der Waals surface area contributed by atoms with Crippen LogP contribution in [0.15, 0.2) is 59.5 Å². The minimum absolute atomic E-state index is 0.0118. The van der Waals surface area contributed by atoms with Gasteiger partial charge in [-0.2, -0.15) is 0 Å². The third-order valence-electron chi connectivity index (χ3n) is 3.73. The van der Waals surface area contributed by atoms with Gasteiger partial charge in [0.05, 0.1) is 11.3 Å². The molecule has 2 aromatic carbocycles. The fourth-order valence-electron chi connectivity index (χ4n) is 2.34. The van der Waals surface area contributed by atoms with Gasteiger partial charge in [0, 0.05) is 20.1 Å². The highest BCUT2D eigenvalue weighted by Gasteiger charge is 2.26. The number of benzene rings is 2. The Bertz CT molecular complexity index is 807. The molecular weight excluding hydrogens is 338 g/mol. The van der Waals surface area contributed by atoms with Crippen LogP contribution in [-0.2, 0) is 10.0 Å². The van der Waals surface area contributed by atoms with Crippen LogP contribution in [0.25, 0.3) is 0 Å². The van der Waals surface area contributed by atoms with E-state index in [4.69, 9.17) is 0 Å². The number of nitrogens with one attached hydrogen (secondary N) is 2. The quantitative estimate of drug-likeness (QED) is 0.704. The van der Waals surface area contributed by atoms with Crippen molar-refractivity contribution in [1.82, 2.24) is 10.6 Å². The summed E-state index contributed by atoms with van der Waals surface area (Å²) in [6.07, 6.45) is 0. The highest BCUT2D eigenvalue weighted by molar-refractivity contribution is 7.92.